The number of rotatable bonds is 5. The van der Waals surface area contributed by atoms with Crippen LogP contribution in [0.3, 0.4) is 0 Å². The van der Waals surface area contributed by atoms with Crippen molar-refractivity contribution in [2.24, 2.45) is 11.8 Å². The van der Waals surface area contributed by atoms with E-state index >= 15 is 0 Å². The van der Waals surface area contributed by atoms with E-state index in [4.69, 9.17) is 4.74 Å². The number of hydrogen-bond donors (Lipinski definition) is 1. The lowest BCUT2D eigenvalue weighted by molar-refractivity contribution is 0.214. The van der Waals surface area contributed by atoms with E-state index in [1.807, 2.05) is 0 Å². The molecule has 112 valence electrons. The van der Waals surface area contributed by atoms with E-state index in [1.54, 1.807) is 7.11 Å². The van der Waals surface area contributed by atoms with Crippen molar-refractivity contribution in [1.29, 1.82) is 0 Å². The molecule has 2 heteroatoms. The maximum Gasteiger partial charge on any atom is 0.118 e. The maximum absolute atomic E-state index is 5.24. The van der Waals surface area contributed by atoms with Gasteiger partial charge in [0.05, 0.1) is 7.11 Å². The van der Waals surface area contributed by atoms with Gasteiger partial charge in [-0.3, -0.25) is 0 Å². The molecule has 2 rings (SSSR count). The van der Waals surface area contributed by atoms with Crippen LogP contribution >= 0.6 is 0 Å². The Morgan fingerprint density at radius 2 is 1.85 bits per heavy atom. The van der Waals surface area contributed by atoms with Gasteiger partial charge in [0.15, 0.2) is 0 Å². The summed E-state index contributed by atoms with van der Waals surface area (Å²) in [5.74, 6) is 2.66. The van der Waals surface area contributed by atoms with Gasteiger partial charge in [0.2, 0.25) is 0 Å². The van der Waals surface area contributed by atoms with Crippen LogP contribution in [0.15, 0.2) is 24.3 Å². The van der Waals surface area contributed by atoms with E-state index in [0.29, 0.717) is 12.1 Å². The minimum Gasteiger partial charge on any atom is -0.497 e. The van der Waals surface area contributed by atoms with E-state index in [-0.39, 0.29) is 0 Å². The molecular weight excluding hydrogens is 246 g/mol. The number of hydrogen-bond acceptors (Lipinski definition) is 2. The average Bonchev–Trinajstić information content (AvgIpc) is 2.48. The summed E-state index contributed by atoms with van der Waals surface area (Å²) in [7, 11) is 1.72. The predicted molar refractivity (Wildman–Crippen MR) is 85.1 cm³/mol. The molecule has 0 aromatic heterocycles. The third-order valence-corrected chi connectivity index (χ3v) is 4.96. The van der Waals surface area contributed by atoms with Gasteiger partial charge in [-0.2, -0.15) is 0 Å². The van der Waals surface area contributed by atoms with Crippen LogP contribution in [0.25, 0.3) is 0 Å². The van der Waals surface area contributed by atoms with Crippen LogP contribution in [-0.4, -0.2) is 13.2 Å². The molecule has 4 atom stereocenters. The summed E-state index contributed by atoms with van der Waals surface area (Å²) in [5.41, 5.74) is 1.37. The van der Waals surface area contributed by atoms with Crippen LogP contribution in [0.1, 0.15) is 58.1 Å². The summed E-state index contributed by atoms with van der Waals surface area (Å²) in [6.07, 6.45) is 5.12. The van der Waals surface area contributed by atoms with Crippen molar-refractivity contribution >= 4 is 0 Å². The van der Waals surface area contributed by atoms with Crippen molar-refractivity contribution in [3.05, 3.63) is 29.8 Å². The van der Waals surface area contributed by atoms with Gasteiger partial charge >= 0.3 is 0 Å². The molecule has 20 heavy (non-hydrogen) atoms. The quantitative estimate of drug-likeness (QED) is 0.850. The van der Waals surface area contributed by atoms with Gasteiger partial charge in [-0.05, 0) is 55.2 Å². The van der Waals surface area contributed by atoms with Gasteiger partial charge < -0.3 is 10.1 Å². The van der Waals surface area contributed by atoms with Crippen molar-refractivity contribution in [3.63, 3.8) is 0 Å². The summed E-state index contributed by atoms with van der Waals surface area (Å²) in [6.45, 7) is 7.05. The van der Waals surface area contributed by atoms with E-state index in [2.05, 4.69) is 50.4 Å². The predicted octanol–water partition coefficient (Wildman–Crippen LogP) is 4.56. The number of methoxy groups -OCH3 is 1. The second kappa shape index (κ2) is 7.12. The Morgan fingerprint density at radius 3 is 2.40 bits per heavy atom. The van der Waals surface area contributed by atoms with Crippen LogP contribution in [0.5, 0.6) is 5.75 Å². The largest absolute Gasteiger partial charge is 0.497 e. The molecule has 1 aliphatic carbocycles. The zero-order valence-electron chi connectivity index (χ0n) is 13.4. The van der Waals surface area contributed by atoms with Gasteiger partial charge in [0, 0.05) is 12.1 Å². The van der Waals surface area contributed by atoms with E-state index < -0.39 is 0 Å². The summed E-state index contributed by atoms with van der Waals surface area (Å²) in [5, 5.41) is 3.87. The Bertz CT molecular complexity index is 400. The molecule has 0 bridgehead atoms. The number of benzene rings is 1. The molecule has 1 saturated carbocycles. The fourth-order valence-corrected chi connectivity index (χ4v) is 3.27. The van der Waals surface area contributed by atoms with Gasteiger partial charge in [-0.1, -0.05) is 32.9 Å². The topological polar surface area (TPSA) is 21.3 Å². The Morgan fingerprint density at radius 1 is 1.15 bits per heavy atom. The standard InChI is InChI=1S/C18H29NO/c1-5-18(15-7-10-17(20-4)11-8-15)19-16-9-6-13(2)14(3)12-16/h7-8,10-11,13-14,16,18-19H,5-6,9,12H2,1-4H3. The molecule has 4 unspecified atom stereocenters. The van der Waals surface area contributed by atoms with Gasteiger partial charge in [0.1, 0.15) is 5.75 Å². The molecule has 0 aliphatic heterocycles. The Labute approximate surface area is 123 Å². The second-order valence-corrected chi connectivity index (χ2v) is 6.37. The molecule has 1 N–H and O–H groups in total. The Kier molecular flexibility index (Phi) is 5.47. The Hall–Kier alpha value is -1.02. The number of nitrogens with one attached hydrogen (secondary N) is 1. The van der Waals surface area contributed by atoms with Crippen molar-refractivity contribution in [2.75, 3.05) is 7.11 Å². The summed E-state index contributed by atoms with van der Waals surface area (Å²) in [6, 6.07) is 9.64. The minimum absolute atomic E-state index is 0.464. The van der Waals surface area contributed by atoms with Crippen LogP contribution < -0.4 is 10.1 Å². The fraction of sp³-hybridized carbons (Fsp3) is 0.667. The first-order valence-corrected chi connectivity index (χ1v) is 8.04. The zero-order chi connectivity index (χ0) is 14.5. The second-order valence-electron chi connectivity index (χ2n) is 6.37. The first-order chi connectivity index (χ1) is 9.63. The van der Waals surface area contributed by atoms with Crippen LogP contribution in [0.4, 0.5) is 0 Å². The van der Waals surface area contributed by atoms with Gasteiger partial charge in [-0.15, -0.1) is 0 Å². The van der Waals surface area contributed by atoms with E-state index in [9.17, 15) is 0 Å². The SMILES string of the molecule is CCC(NC1CCC(C)C(C)C1)c1ccc(OC)cc1. The average molecular weight is 275 g/mol. The van der Waals surface area contributed by atoms with Crippen molar-refractivity contribution in [1.82, 2.24) is 5.32 Å². The maximum atomic E-state index is 5.24. The van der Waals surface area contributed by atoms with Crippen LogP contribution in [0.2, 0.25) is 0 Å². The van der Waals surface area contributed by atoms with Crippen molar-refractivity contribution < 1.29 is 4.74 Å². The lowest BCUT2D eigenvalue weighted by Gasteiger charge is -2.35. The highest BCUT2D eigenvalue weighted by molar-refractivity contribution is 5.29. The first-order valence-electron chi connectivity index (χ1n) is 8.04. The summed E-state index contributed by atoms with van der Waals surface area (Å²) in [4.78, 5) is 0. The molecule has 1 fully saturated rings. The Balaban J connectivity index is 1.97. The molecule has 0 spiro atoms. The van der Waals surface area contributed by atoms with Crippen molar-refractivity contribution in [3.8, 4) is 5.75 Å². The third kappa shape index (κ3) is 3.76. The van der Waals surface area contributed by atoms with Crippen LogP contribution in [0, 0.1) is 11.8 Å². The first kappa shape index (κ1) is 15.4. The van der Waals surface area contributed by atoms with E-state index in [1.165, 1.54) is 24.8 Å². The summed E-state index contributed by atoms with van der Waals surface area (Å²) < 4.78 is 5.24. The van der Waals surface area contributed by atoms with Crippen LogP contribution in [-0.2, 0) is 0 Å². The zero-order valence-corrected chi connectivity index (χ0v) is 13.4. The molecule has 0 radical (unpaired) electrons. The molecule has 0 heterocycles. The normalized spacial score (nSPS) is 28.1. The summed E-state index contributed by atoms with van der Waals surface area (Å²) >= 11 is 0. The monoisotopic (exact) mass is 275 g/mol. The van der Waals surface area contributed by atoms with Gasteiger partial charge in [-0.25, -0.2) is 0 Å². The minimum atomic E-state index is 0.464. The highest BCUT2D eigenvalue weighted by Crippen LogP contribution is 2.31. The lowest BCUT2D eigenvalue weighted by atomic mass is 9.79. The molecule has 1 aliphatic rings. The molecule has 1 aromatic rings. The highest BCUT2D eigenvalue weighted by atomic mass is 16.5. The molecule has 1 aromatic carbocycles. The van der Waals surface area contributed by atoms with E-state index in [0.717, 1.165) is 24.0 Å². The molecule has 2 nitrogen and oxygen atoms in total. The lowest BCUT2D eigenvalue weighted by Crippen LogP contribution is -2.38. The fourth-order valence-electron chi connectivity index (χ4n) is 3.27. The molecule has 0 saturated heterocycles. The number of ether oxygens (including phenoxy) is 1. The van der Waals surface area contributed by atoms with Crippen molar-refractivity contribution in [2.45, 2.75) is 58.5 Å². The molecule has 0 amide bonds. The molecular formula is C18H29NO. The van der Waals surface area contributed by atoms with Gasteiger partial charge in [0.25, 0.3) is 0 Å². The third-order valence-electron chi connectivity index (χ3n) is 4.96. The highest BCUT2D eigenvalue weighted by Gasteiger charge is 2.26. The smallest absolute Gasteiger partial charge is 0.118 e.